The molecule has 1 rings (SSSR count). The summed E-state index contributed by atoms with van der Waals surface area (Å²) in [5.41, 5.74) is 0.348. The monoisotopic (exact) mass is 171 g/mol. The maximum Gasteiger partial charge on any atom is 0.0257 e. The average Bonchev–Trinajstić information content (AvgIpc) is 2.05. The van der Waals surface area contributed by atoms with E-state index in [2.05, 4.69) is 25.7 Å². The van der Waals surface area contributed by atoms with Gasteiger partial charge in [0, 0.05) is 31.7 Å². The third kappa shape index (κ3) is 2.19. The van der Waals surface area contributed by atoms with Crippen molar-refractivity contribution in [2.24, 2.45) is 5.84 Å². The summed E-state index contributed by atoms with van der Waals surface area (Å²) in [4.78, 5) is 2.52. The molecule has 12 heavy (non-hydrogen) atoms. The Kier molecular flexibility index (Phi) is 3.09. The molecule has 1 aliphatic rings. The molecule has 0 saturated carbocycles. The quantitative estimate of drug-likeness (QED) is 0.620. The topological polar surface area (TPSA) is 32.5 Å². The zero-order valence-corrected chi connectivity index (χ0v) is 8.51. The summed E-state index contributed by atoms with van der Waals surface area (Å²) < 4.78 is 0. The summed E-state index contributed by atoms with van der Waals surface area (Å²) in [6, 6.07) is 0. The Balaban J connectivity index is 2.44. The molecule has 2 N–H and O–H groups in total. The van der Waals surface area contributed by atoms with Gasteiger partial charge in [0.2, 0.25) is 0 Å². The third-order valence-corrected chi connectivity index (χ3v) is 3.04. The van der Waals surface area contributed by atoms with Crippen LogP contribution in [0.2, 0.25) is 0 Å². The Labute approximate surface area is 75.5 Å². The fraction of sp³-hybridized carbons (Fsp3) is 1.00. The van der Waals surface area contributed by atoms with E-state index in [-0.39, 0.29) is 0 Å². The van der Waals surface area contributed by atoms with Gasteiger partial charge in [-0.05, 0) is 20.3 Å². The van der Waals surface area contributed by atoms with Crippen molar-refractivity contribution in [1.82, 2.24) is 9.91 Å². The lowest BCUT2D eigenvalue weighted by Gasteiger charge is -2.42. The standard InChI is InChI=1S/C9H21N3/c1-4-9(2,3)11-5-7-12(10)8-6-11/h4-8,10H2,1-3H3. The summed E-state index contributed by atoms with van der Waals surface area (Å²) in [5.74, 6) is 5.69. The number of hydrogen-bond donors (Lipinski definition) is 1. The first kappa shape index (κ1) is 9.96. The van der Waals surface area contributed by atoms with Crippen LogP contribution in [0.5, 0.6) is 0 Å². The number of hydrazine groups is 1. The molecule has 0 spiro atoms. The van der Waals surface area contributed by atoms with Crippen molar-refractivity contribution in [3.8, 4) is 0 Å². The van der Waals surface area contributed by atoms with Crippen molar-refractivity contribution in [2.45, 2.75) is 32.7 Å². The lowest BCUT2D eigenvalue weighted by atomic mass is 9.98. The normalized spacial score (nSPS) is 23.0. The maximum atomic E-state index is 5.69. The van der Waals surface area contributed by atoms with Gasteiger partial charge >= 0.3 is 0 Å². The Morgan fingerprint density at radius 1 is 1.17 bits per heavy atom. The number of hydrogen-bond acceptors (Lipinski definition) is 3. The van der Waals surface area contributed by atoms with Gasteiger partial charge in [-0.1, -0.05) is 6.92 Å². The van der Waals surface area contributed by atoms with Crippen LogP contribution in [0.1, 0.15) is 27.2 Å². The van der Waals surface area contributed by atoms with E-state index in [1.54, 1.807) is 0 Å². The molecule has 1 heterocycles. The van der Waals surface area contributed by atoms with E-state index in [9.17, 15) is 0 Å². The van der Waals surface area contributed by atoms with E-state index in [1.165, 1.54) is 6.42 Å². The van der Waals surface area contributed by atoms with Crippen molar-refractivity contribution < 1.29 is 0 Å². The highest BCUT2D eigenvalue weighted by atomic mass is 15.4. The Morgan fingerprint density at radius 2 is 1.67 bits per heavy atom. The number of nitrogens with zero attached hydrogens (tertiary/aromatic N) is 2. The third-order valence-electron chi connectivity index (χ3n) is 3.04. The van der Waals surface area contributed by atoms with E-state index in [0.717, 1.165) is 26.2 Å². The van der Waals surface area contributed by atoms with Crippen LogP contribution in [0.4, 0.5) is 0 Å². The molecule has 0 atom stereocenters. The molecule has 0 aromatic carbocycles. The second kappa shape index (κ2) is 3.73. The van der Waals surface area contributed by atoms with Gasteiger partial charge in [0.05, 0.1) is 0 Å². The van der Waals surface area contributed by atoms with Crippen molar-refractivity contribution in [3.63, 3.8) is 0 Å². The van der Waals surface area contributed by atoms with E-state index in [4.69, 9.17) is 5.84 Å². The van der Waals surface area contributed by atoms with Gasteiger partial charge in [-0.15, -0.1) is 0 Å². The molecule has 1 saturated heterocycles. The van der Waals surface area contributed by atoms with E-state index in [0.29, 0.717) is 5.54 Å². The van der Waals surface area contributed by atoms with Gasteiger partial charge in [-0.25, -0.2) is 5.01 Å². The van der Waals surface area contributed by atoms with E-state index >= 15 is 0 Å². The molecule has 0 bridgehead atoms. The average molecular weight is 171 g/mol. The number of nitrogens with two attached hydrogens (primary N) is 1. The van der Waals surface area contributed by atoms with Crippen LogP contribution in [0.3, 0.4) is 0 Å². The Hall–Kier alpha value is -0.120. The largest absolute Gasteiger partial charge is 0.296 e. The van der Waals surface area contributed by atoms with Crippen LogP contribution in [-0.4, -0.2) is 41.6 Å². The molecule has 3 nitrogen and oxygen atoms in total. The summed E-state index contributed by atoms with van der Waals surface area (Å²) in [5, 5.41) is 1.90. The molecule has 0 radical (unpaired) electrons. The van der Waals surface area contributed by atoms with Crippen molar-refractivity contribution in [2.75, 3.05) is 26.2 Å². The van der Waals surface area contributed by atoms with Crippen molar-refractivity contribution in [1.29, 1.82) is 0 Å². The molecular formula is C9H21N3. The maximum absolute atomic E-state index is 5.69. The Morgan fingerprint density at radius 3 is 2.08 bits per heavy atom. The first-order chi connectivity index (χ1) is 5.56. The Bertz CT molecular complexity index is 137. The molecular weight excluding hydrogens is 150 g/mol. The van der Waals surface area contributed by atoms with Crippen LogP contribution >= 0.6 is 0 Å². The molecule has 0 aliphatic carbocycles. The van der Waals surface area contributed by atoms with Crippen LogP contribution in [0.25, 0.3) is 0 Å². The lowest BCUT2D eigenvalue weighted by Crippen LogP contribution is -2.55. The summed E-state index contributed by atoms with van der Waals surface area (Å²) in [7, 11) is 0. The summed E-state index contributed by atoms with van der Waals surface area (Å²) in [6.07, 6.45) is 1.21. The fourth-order valence-corrected chi connectivity index (χ4v) is 1.55. The van der Waals surface area contributed by atoms with Crippen LogP contribution in [0, 0.1) is 0 Å². The molecule has 1 aliphatic heterocycles. The minimum atomic E-state index is 0.348. The highest BCUT2D eigenvalue weighted by molar-refractivity contribution is 4.83. The zero-order valence-electron chi connectivity index (χ0n) is 8.51. The number of rotatable bonds is 2. The first-order valence-electron chi connectivity index (χ1n) is 4.81. The number of piperazine rings is 1. The fourth-order valence-electron chi connectivity index (χ4n) is 1.55. The SMILES string of the molecule is CCC(C)(C)N1CCN(N)CC1. The molecule has 0 amide bonds. The molecule has 1 fully saturated rings. The van der Waals surface area contributed by atoms with Crippen LogP contribution in [-0.2, 0) is 0 Å². The molecule has 0 unspecified atom stereocenters. The van der Waals surface area contributed by atoms with Gasteiger partial charge in [0.15, 0.2) is 0 Å². The smallest absolute Gasteiger partial charge is 0.0257 e. The molecule has 3 heteroatoms. The second-order valence-electron chi connectivity index (χ2n) is 4.19. The van der Waals surface area contributed by atoms with Crippen molar-refractivity contribution >= 4 is 0 Å². The lowest BCUT2D eigenvalue weighted by molar-refractivity contribution is 0.0501. The first-order valence-corrected chi connectivity index (χ1v) is 4.81. The van der Waals surface area contributed by atoms with Crippen LogP contribution < -0.4 is 5.84 Å². The van der Waals surface area contributed by atoms with Gasteiger partial charge < -0.3 is 0 Å². The molecule has 0 aromatic rings. The predicted octanol–water partition coefficient (Wildman–Crippen LogP) is 0.666. The second-order valence-corrected chi connectivity index (χ2v) is 4.19. The zero-order chi connectivity index (χ0) is 9.19. The van der Waals surface area contributed by atoms with Gasteiger partial charge in [0.25, 0.3) is 0 Å². The van der Waals surface area contributed by atoms with E-state index in [1.807, 2.05) is 5.01 Å². The predicted molar refractivity (Wildman–Crippen MR) is 51.7 cm³/mol. The van der Waals surface area contributed by atoms with Gasteiger partial charge in [-0.2, -0.15) is 0 Å². The van der Waals surface area contributed by atoms with E-state index < -0.39 is 0 Å². The highest BCUT2D eigenvalue weighted by Gasteiger charge is 2.27. The molecule has 72 valence electrons. The molecule has 0 aromatic heterocycles. The van der Waals surface area contributed by atoms with Crippen LogP contribution in [0.15, 0.2) is 0 Å². The summed E-state index contributed by atoms with van der Waals surface area (Å²) >= 11 is 0. The minimum Gasteiger partial charge on any atom is -0.296 e. The van der Waals surface area contributed by atoms with Gasteiger partial charge in [0.1, 0.15) is 0 Å². The summed E-state index contributed by atoms with van der Waals surface area (Å²) in [6.45, 7) is 11.1. The minimum absolute atomic E-state index is 0.348. The van der Waals surface area contributed by atoms with Gasteiger partial charge in [-0.3, -0.25) is 10.7 Å². The van der Waals surface area contributed by atoms with Crippen molar-refractivity contribution in [3.05, 3.63) is 0 Å². The highest BCUT2D eigenvalue weighted by Crippen LogP contribution is 2.19.